The van der Waals surface area contributed by atoms with Crippen molar-refractivity contribution in [2.45, 2.75) is 52.8 Å². The highest BCUT2D eigenvalue weighted by molar-refractivity contribution is 6.77. The monoisotopic (exact) mass is 187 g/mol. The summed E-state index contributed by atoms with van der Waals surface area (Å²) in [5.41, 5.74) is 0. The van der Waals surface area contributed by atoms with Crippen molar-refractivity contribution in [1.29, 1.82) is 0 Å². The van der Waals surface area contributed by atoms with Crippen molar-refractivity contribution in [3.63, 3.8) is 0 Å². The molecule has 0 aromatic carbocycles. The van der Waals surface area contributed by atoms with Crippen molar-refractivity contribution in [2.24, 2.45) is 5.92 Å². The van der Waals surface area contributed by atoms with E-state index in [1.54, 1.807) is 0 Å². The van der Waals surface area contributed by atoms with Crippen LogP contribution in [0.15, 0.2) is 0 Å². The Morgan fingerprint density at radius 1 is 1.00 bits per heavy atom. The molecule has 0 fully saturated rings. The Kier molecular flexibility index (Phi) is 5.84. The van der Waals surface area contributed by atoms with E-state index in [1.807, 2.05) is 0 Å². The van der Waals surface area contributed by atoms with Crippen molar-refractivity contribution in [3.05, 3.63) is 0 Å². The van der Waals surface area contributed by atoms with Gasteiger partial charge in [-0.1, -0.05) is 34.6 Å². The molecule has 0 aliphatic heterocycles. The Labute approximate surface area is 79.0 Å². The third-order valence-electron chi connectivity index (χ3n) is 2.92. The lowest BCUT2D eigenvalue weighted by molar-refractivity contribution is 0.620. The Morgan fingerprint density at radius 3 is 1.67 bits per heavy atom. The summed E-state index contributed by atoms with van der Waals surface area (Å²) in [6.45, 7) is 12.8. The molecule has 0 rings (SSSR count). The van der Waals surface area contributed by atoms with Crippen LogP contribution in [0, 0.1) is 5.92 Å². The quantitative estimate of drug-likeness (QED) is 0.630. The smallest absolute Gasteiger partial charge is 0.124 e. The van der Waals surface area contributed by atoms with Gasteiger partial charge in [0, 0.05) is 0 Å². The van der Waals surface area contributed by atoms with Crippen LogP contribution < -0.4 is 4.98 Å². The molecular formula is C10H25NSi. The summed E-state index contributed by atoms with van der Waals surface area (Å²) in [5.74, 6) is 0.793. The van der Waals surface area contributed by atoms with Crippen LogP contribution in [0.1, 0.15) is 34.6 Å². The second-order valence-corrected chi connectivity index (χ2v) is 9.15. The van der Waals surface area contributed by atoms with E-state index < -0.39 is 8.24 Å². The first-order valence-electron chi connectivity index (χ1n) is 5.35. The number of rotatable bonds is 6. The predicted octanol–water partition coefficient (Wildman–Crippen LogP) is 3.24. The average molecular weight is 187 g/mol. The van der Waals surface area contributed by atoms with Gasteiger partial charge >= 0.3 is 0 Å². The van der Waals surface area contributed by atoms with Crippen LogP contribution in [0.3, 0.4) is 0 Å². The summed E-state index contributed by atoms with van der Waals surface area (Å²) in [5, 5.41) is 0. The molecule has 0 aromatic rings. The summed E-state index contributed by atoms with van der Waals surface area (Å²) in [4.78, 5) is 3.82. The molecule has 12 heavy (non-hydrogen) atoms. The normalized spacial score (nSPS) is 12.5. The van der Waals surface area contributed by atoms with Gasteiger partial charge < -0.3 is 4.98 Å². The molecule has 0 amide bonds. The zero-order valence-electron chi connectivity index (χ0n) is 9.41. The van der Waals surface area contributed by atoms with Crippen molar-refractivity contribution >= 4 is 8.24 Å². The minimum atomic E-state index is -1.03. The van der Waals surface area contributed by atoms with Gasteiger partial charge in [0.05, 0.1) is 0 Å². The minimum absolute atomic E-state index is 0.793. The van der Waals surface area contributed by atoms with E-state index in [9.17, 15) is 0 Å². The first-order chi connectivity index (χ1) is 5.60. The zero-order valence-corrected chi connectivity index (χ0v) is 10.4. The van der Waals surface area contributed by atoms with Gasteiger partial charge in [-0.05, 0) is 30.6 Å². The molecule has 0 spiro atoms. The van der Waals surface area contributed by atoms with Gasteiger partial charge in [-0.15, -0.1) is 0 Å². The van der Waals surface area contributed by atoms with E-state index in [2.05, 4.69) is 39.6 Å². The molecule has 2 heteroatoms. The van der Waals surface area contributed by atoms with Gasteiger partial charge in [0.25, 0.3) is 0 Å². The molecule has 1 N–H and O–H groups in total. The molecule has 0 saturated heterocycles. The maximum Gasteiger partial charge on any atom is 0.124 e. The lowest BCUT2D eigenvalue weighted by atomic mass is 10.2. The number of hydrogen-bond acceptors (Lipinski definition) is 1. The van der Waals surface area contributed by atoms with E-state index in [0.29, 0.717) is 0 Å². The van der Waals surface area contributed by atoms with Crippen molar-refractivity contribution in [2.75, 3.05) is 6.54 Å². The fourth-order valence-corrected chi connectivity index (χ4v) is 4.64. The summed E-state index contributed by atoms with van der Waals surface area (Å²) in [7, 11) is -1.03. The third kappa shape index (κ3) is 3.72. The van der Waals surface area contributed by atoms with Gasteiger partial charge in [-0.2, -0.15) is 0 Å². The molecule has 0 aliphatic rings. The number of nitrogens with one attached hydrogen (secondary N) is 1. The fourth-order valence-electron chi connectivity index (χ4n) is 1.55. The maximum absolute atomic E-state index is 3.82. The molecule has 0 heterocycles. The lowest BCUT2D eigenvalue weighted by Crippen LogP contribution is -2.50. The van der Waals surface area contributed by atoms with E-state index in [-0.39, 0.29) is 0 Å². The fraction of sp³-hybridized carbons (Fsp3) is 1.00. The molecule has 0 aliphatic carbocycles. The molecule has 0 atom stereocenters. The predicted molar refractivity (Wildman–Crippen MR) is 60.0 cm³/mol. The van der Waals surface area contributed by atoms with Crippen molar-refractivity contribution in [3.8, 4) is 0 Å². The highest BCUT2D eigenvalue weighted by Crippen LogP contribution is 2.16. The highest BCUT2D eigenvalue weighted by atomic mass is 28.3. The number of hydrogen-bond donors (Lipinski definition) is 1. The molecule has 74 valence electrons. The van der Waals surface area contributed by atoms with Gasteiger partial charge in [0.15, 0.2) is 0 Å². The Morgan fingerprint density at radius 2 is 1.42 bits per heavy atom. The van der Waals surface area contributed by atoms with E-state index in [1.165, 1.54) is 24.7 Å². The van der Waals surface area contributed by atoms with Crippen molar-refractivity contribution in [1.82, 2.24) is 4.98 Å². The minimum Gasteiger partial charge on any atom is -0.337 e. The lowest BCUT2D eigenvalue weighted by Gasteiger charge is -2.30. The first kappa shape index (κ1) is 12.2. The SMILES string of the molecule is CC[Si](CC)(CC)NCC(C)C. The summed E-state index contributed by atoms with van der Waals surface area (Å²) < 4.78 is 0. The topological polar surface area (TPSA) is 12.0 Å². The molecular weight excluding hydrogens is 162 g/mol. The van der Waals surface area contributed by atoms with Crippen LogP contribution in [0.5, 0.6) is 0 Å². The second-order valence-electron chi connectivity index (χ2n) is 4.12. The van der Waals surface area contributed by atoms with E-state index >= 15 is 0 Å². The Bertz CT molecular complexity index is 100. The highest BCUT2D eigenvalue weighted by Gasteiger charge is 2.25. The Hall–Kier alpha value is 0.177. The van der Waals surface area contributed by atoms with Crippen molar-refractivity contribution < 1.29 is 0 Å². The van der Waals surface area contributed by atoms with Gasteiger partial charge in [-0.25, -0.2) is 0 Å². The Balaban J connectivity index is 3.93. The van der Waals surface area contributed by atoms with Gasteiger partial charge in [0.2, 0.25) is 0 Å². The second kappa shape index (κ2) is 5.76. The molecule has 0 saturated carbocycles. The van der Waals surface area contributed by atoms with Crippen LogP contribution in [-0.4, -0.2) is 14.8 Å². The third-order valence-corrected chi connectivity index (χ3v) is 7.93. The van der Waals surface area contributed by atoms with Crippen LogP contribution >= 0.6 is 0 Å². The summed E-state index contributed by atoms with van der Waals surface area (Å²) in [6, 6.07) is 4.14. The molecule has 0 bridgehead atoms. The molecule has 0 aromatic heterocycles. The van der Waals surface area contributed by atoms with Crippen LogP contribution in [0.2, 0.25) is 18.1 Å². The van der Waals surface area contributed by atoms with E-state index in [0.717, 1.165) is 5.92 Å². The average Bonchev–Trinajstić information content (AvgIpc) is 2.08. The van der Waals surface area contributed by atoms with Gasteiger partial charge in [0.1, 0.15) is 8.24 Å². The molecule has 1 nitrogen and oxygen atoms in total. The van der Waals surface area contributed by atoms with Crippen LogP contribution in [0.4, 0.5) is 0 Å². The summed E-state index contributed by atoms with van der Waals surface area (Å²) >= 11 is 0. The largest absolute Gasteiger partial charge is 0.337 e. The standard InChI is InChI=1S/C10H25NSi/c1-6-12(7-2,8-3)11-9-10(4)5/h10-11H,6-9H2,1-5H3. The van der Waals surface area contributed by atoms with Gasteiger partial charge in [-0.3, -0.25) is 0 Å². The first-order valence-corrected chi connectivity index (χ1v) is 7.97. The van der Waals surface area contributed by atoms with Crippen LogP contribution in [-0.2, 0) is 0 Å². The van der Waals surface area contributed by atoms with Crippen LogP contribution in [0.25, 0.3) is 0 Å². The molecule has 0 unspecified atom stereocenters. The molecule has 0 radical (unpaired) electrons. The summed E-state index contributed by atoms with van der Waals surface area (Å²) in [6.07, 6.45) is 0. The zero-order chi connectivity index (χ0) is 9.61. The maximum atomic E-state index is 3.82. The van der Waals surface area contributed by atoms with E-state index in [4.69, 9.17) is 0 Å².